The van der Waals surface area contributed by atoms with Crippen molar-refractivity contribution < 1.29 is 14.7 Å². The van der Waals surface area contributed by atoms with Crippen LogP contribution < -0.4 is 11.1 Å². The lowest BCUT2D eigenvalue weighted by Crippen LogP contribution is -2.30. The van der Waals surface area contributed by atoms with Gasteiger partial charge in [0.05, 0.1) is 0 Å². The van der Waals surface area contributed by atoms with Gasteiger partial charge in [0.25, 0.3) is 0 Å². The highest BCUT2D eigenvalue weighted by Gasteiger charge is 2.10. The number of aliphatic carboxylic acids is 1. The molecule has 21 heavy (non-hydrogen) atoms. The van der Waals surface area contributed by atoms with Crippen molar-refractivity contribution in [3.8, 4) is 0 Å². The molecule has 1 amide bonds. The zero-order valence-electron chi connectivity index (χ0n) is 11.9. The molecule has 4 N–H and O–H groups in total. The summed E-state index contributed by atoms with van der Waals surface area (Å²) in [7, 11) is 0. The van der Waals surface area contributed by atoms with E-state index >= 15 is 0 Å². The number of nitrogens with zero attached hydrogens (tertiary/aromatic N) is 4. The number of carboxylic acids is 1. The van der Waals surface area contributed by atoms with Crippen LogP contribution >= 0.6 is 0 Å². The lowest BCUT2D eigenvalue weighted by molar-refractivity contribution is -0.138. The second kappa shape index (κ2) is 8.90. The summed E-state index contributed by atoms with van der Waals surface area (Å²) < 4.78 is 0. The molecule has 0 aliphatic carbocycles. The maximum absolute atomic E-state index is 11.6. The number of aromatic nitrogens is 4. The van der Waals surface area contributed by atoms with E-state index in [-0.39, 0.29) is 12.3 Å². The lowest BCUT2D eigenvalue weighted by Gasteiger charge is -2.07. The highest BCUT2D eigenvalue weighted by molar-refractivity contribution is 5.76. The summed E-state index contributed by atoms with van der Waals surface area (Å²) in [6, 6.07) is -0.834. The molecule has 9 heteroatoms. The van der Waals surface area contributed by atoms with Crippen molar-refractivity contribution >= 4 is 11.9 Å². The van der Waals surface area contributed by atoms with E-state index in [1.807, 2.05) is 0 Å². The fraction of sp³-hybridized carbons (Fsp3) is 0.667. The average Bonchev–Trinajstić information content (AvgIpc) is 2.46. The standard InChI is InChI=1S/C12H20N6O3/c1-8-15-17-10(18-16-8)5-6-11(19)14-7-3-2-4-9(13)12(20)21/h9H,2-7,13H2,1H3,(H,14,19)(H,20,21)/t9-/m0/s1. The van der Waals surface area contributed by atoms with Gasteiger partial charge in [0.1, 0.15) is 6.04 Å². The number of nitrogens with two attached hydrogens (primary N) is 1. The van der Waals surface area contributed by atoms with Gasteiger partial charge >= 0.3 is 5.97 Å². The number of unbranched alkanes of at least 4 members (excludes halogenated alkanes) is 1. The second-order valence-corrected chi connectivity index (χ2v) is 4.65. The first-order valence-electron chi connectivity index (χ1n) is 6.77. The Morgan fingerprint density at radius 2 is 1.90 bits per heavy atom. The van der Waals surface area contributed by atoms with Gasteiger partial charge in [-0.1, -0.05) is 0 Å². The Bertz CT molecular complexity index is 465. The highest BCUT2D eigenvalue weighted by Crippen LogP contribution is 1.99. The molecule has 0 saturated carbocycles. The molecule has 0 bridgehead atoms. The van der Waals surface area contributed by atoms with Crippen LogP contribution in [0, 0.1) is 6.92 Å². The Hall–Kier alpha value is -2.16. The van der Waals surface area contributed by atoms with Gasteiger partial charge in [0.2, 0.25) is 5.91 Å². The van der Waals surface area contributed by atoms with Crippen molar-refractivity contribution in [2.24, 2.45) is 5.73 Å². The average molecular weight is 296 g/mol. The number of carbonyl (C=O) groups excluding carboxylic acids is 1. The molecule has 0 aliphatic heterocycles. The number of amides is 1. The predicted octanol–water partition coefficient (Wildman–Crippen LogP) is -0.794. The van der Waals surface area contributed by atoms with Crippen molar-refractivity contribution in [3.05, 3.63) is 11.6 Å². The third-order valence-corrected chi connectivity index (χ3v) is 2.78. The zero-order valence-corrected chi connectivity index (χ0v) is 11.9. The third-order valence-electron chi connectivity index (χ3n) is 2.78. The fourth-order valence-corrected chi connectivity index (χ4v) is 1.55. The Balaban J connectivity index is 2.09. The molecule has 0 unspecified atom stereocenters. The van der Waals surface area contributed by atoms with E-state index in [9.17, 15) is 9.59 Å². The first-order valence-corrected chi connectivity index (χ1v) is 6.77. The topological polar surface area (TPSA) is 144 Å². The molecule has 0 aliphatic rings. The van der Waals surface area contributed by atoms with Gasteiger partial charge in [-0.25, -0.2) is 0 Å². The minimum absolute atomic E-state index is 0.110. The van der Waals surface area contributed by atoms with Gasteiger partial charge in [-0.3, -0.25) is 9.59 Å². The quantitative estimate of drug-likeness (QED) is 0.503. The molecule has 0 radical (unpaired) electrons. The molecule has 1 atom stereocenters. The van der Waals surface area contributed by atoms with Crippen LogP contribution in [0.1, 0.15) is 37.3 Å². The zero-order chi connectivity index (χ0) is 15.7. The second-order valence-electron chi connectivity index (χ2n) is 4.65. The summed E-state index contributed by atoms with van der Waals surface area (Å²) in [4.78, 5) is 22.1. The molecule has 1 aromatic rings. The number of carbonyl (C=O) groups is 2. The Labute approximate surface area is 122 Å². The molecule has 0 fully saturated rings. The molecule has 116 valence electrons. The summed E-state index contributed by atoms with van der Waals surface area (Å²) in [6.45, 7) is 2.18. The molecular formula is C12H20N6O3. The summed E-state index contributed by atoms with van der Waals surface area (Å²) in [6.07, 6.45) is 2.40. The molecule has 0 aromatic carbocycles. The molecule has 9 nitrogen and oxygen atoms in total. The lowest BCUT2D eigenvalue weighted by atomic mass is 10.1. The van der Waals surface area contributed by atoms with E-state index in [1.54, 1.807) is 6.92 Å². The summed E-state index contributed by atoms with van der Waals surface area (Å²) in [5, 5.41) is 26.5. The van der Waals surface area contributed by atoms with Crippen molar-refractivity contribution in [1.82, 2.24) is 25.7 Å². The SMILES string of the molecule is Cc1nnc(CCC(=O)NCCCC[C@H](N)C(=O)O)nn1. The third kappa shape index (κ3) is 7.25. The Morgan fingerprint density at radius 1 is 1.24 bits per heavy atom. The van der Waals surface area contributed by atoms with Gasteiger partial charge in [-0.05, 0) is 26.2 Å². The first kappa shape index (κ1) is 16.9. The van der Waals surface area contributed by atoms with Crippen LogP contribution in [0.5, 0.6) is 0 Å². The maximum atomic E-state index is 11.6. The predicted molar refractivity (Wildman–Crippen MR) is 73.2 cm³/mol. The number of carboxylic acid groups (broad SMARTS) is 1. The van der Waals surface area contributed by atoms with Crippen LogP contribution in [-0.2, 0) is 16.0 Å². The van der Waals surface area contributed by atoms with Crippen LogP contribution in [-0.4, -0.2) is 50.0 Å². The Kier molecular flexibility index (Phi) is 7.16. The number of aryl methyl sites for hydroxylation is 2. The summed E-state index contributed by atoms with van der Waals surface area (Å²) in [5.41, 5.74) is 5.37. The fourth-order valence-electron chi connectivity index (χ4n) is 1.55. The van der Waals surface area contributed by atoms with E-state index < -0.39 is 12.0 Å². The number of hydrogen-bond acceptors (Lipinski definition) is 7. The van der Waals surface area contributed by atoms with Crippen molar-refractivity contribution in [2.75, 3.05) is 6.54 Å². The maximum Gasteiger partial charge on any atom is 0.320 e. The minimum atomic E-state index is -1.00. The smallest absolute Gasteiger partial charge is 0.320 e. The van der Waals surface area contributed by atoms with Crippen LogP contribution in [0.2, 0.25) is 0 Å². The largest absolute Gasteiger partial charge is 0.480 e. The molecule has 1 rings (SSSR count). The molecule has 1 heterocycles. The van der Waals surface area contributed by atoms with E-state index in [2.05, 4.69) is 25.7 Å². The first-order chi connectivity index (χ1) is 9.99. The molecular weight excluding hydrogens is 276 g/mol. The van der Waals surface area contributed by atoms with Gasteiger partial charge in [-0.15, -0.1) is 20.4 Å². The number of rotatable bonds is 9. The van der Waals surface area contributed by atoms with Crippen LogP contribution in [0.25, 0.3) is 0 Å². The molecule has 1 aromatic heterocycles. The van der Waals surface area contributed by atoms with Gasteiger partial charge in [0, 0.05) is 19.4 Å². The number of hydrogen-bond donors (Lipinski definition) is 3. The van der Waals surface area contributed by atoms with Crippen LogP contribution in [0.4, 0.5) is 0 Å². The van der Waals surface area contributed by atoms with E-state index in [1.165, 1.54) is 0 Å². The molecule has 0 spiro atoms. The van der Waals surface area contributed by atoms with Crippen LogP contribution in [0.15, 0.2) is 0 Å². The minimum Gasteiger partial charge on any atom is -0.480 e. The van der Waals surface area contributed by atoms with Gasteiger partial charge < -0.3 is 16.2 Å². The number of nitrogens with one attached hydrogen (secondary N) is 1. The summed E-state index contributed by atoms with van der Waals surface area (Å²) >= 11 is 0. The highest BCUT2D eigenvalue weighted by atomic mass is 16.4. The van der Waals surface area contributed by atoms with Crippen molar-refractivity contribution in [2.45, 2.75) is 45.1 Å². The van der Waals surface area contributed by atoms with E-state index in [0.717, 1.165) is 0 Å². The van der Waals surface area contributed by atoms with Crippen molar-refractivity contribution in [3.63, 3.8) is 0 Å². The van der Waals surface area contributed by atoms with Crippen LogP contribution in [0.3, 0.4) is 0 Å². The van der Waals surface area contributed by atoms with Gasteiger partial charge in [0.15, 0.2) is 11.6 Å². The Morgan fingerprint density at radius 3 is 2.52 bits per heavy atom. The van der Waals surface area contributed by atoms with Crippen molar-refractivity contribution in [1.29, 1.82) is 0 Å². The van der Waals surface area contributed by atoms with E-state index in [4.69, 9.17) is 10.8 Å². The van der Waals surface area contributed by atoms with E-state index in [0.29, 0.717) is 43.9 Å². The van der Waals surface area contributed by atoms with Gasteiger partial charge in [-0.2, -0.15) is 0 Å². The monoisotopic (exact) mass is 296 g/mol. The normalized spacial score (nSPS) is 11.9. The molecule has 0 saturated heterocycles. The summed E-state index contributed by atoms with van der Waals surface area (Å²) in [5.74, 6) is -0.188.